The van der Waals surface area contributed by atoms with Gasteiger partial charge in [0.15, 0.2) is 0 Å². The summed E-state index contributed by atoms with van der Waals surface area (Å²) in [5, 5.41) is 3.51. The van der Waals surface area contributed by atoms with Gasteiger partial charge in [0.1, 0.15) is 0 Å². The van der Waals surface area contributed by atoms with E-state index < -0.39 is 0 Å². The Hall–Kier alpha value is -1.23. The highest BCUT2D eigenvalue weighted by atomic mass is 32.1. The highest BCUT2D eigenvalue weighted by Crippen LogP contribution is 2.43. The third-order valence-electron chi connectivity index (χ3n) is 4.47. The standard InChI is InChI=1S/C16H24N4S/c1-16(2,3)19-14(21)13-12-7-4-6-11(12)10-20(13)15-17-8-5-9-18-15/h5,8-9,11-13H,4,6-7,10H2,1-3H3,(H,19,21)/t11-,12-,13-/m0/s1. The molecule has 1 saturated carbocycles. The van der Waals surface area contributed by atoms with Crippen LogP contribution in [0.25, 0.3) is 0 Å². The Bertz CT molecular complexity index is 511. The highest BCUT2D eigenvalue weighted by molar-refractivity contribution is 7.80. The SMILES string of the molecule is CC(C)(C)NC(=S)[C@@H]1[C@H]2CCC[C@H]2CN1c1ncccn1. The summed E-state index contributed by atoms with van der Waals surface area (Å²) >= 11 is 5.75. The van der Waals surface area contributed by atoms with Gasteiger partial charge in [0.05, 0.1) is 11.0 Å². The quantitative estimate of drug-likeness (QED) is 0.851. The number of aromatic nitrogens is 2. The third-order valence-corrected chi connectivity index (χ3v) is 4.81. The Kier molecular flexibility index (Phi) is 3.86. The number of anilines is 1. The molecule has 0 aromatic carbocycles. The van der Waals surface area contributed by atoms with Crippen LogP contribution < -0.4 is 10.2 Å². The minimum Gasteiger partial charge on any atom is -0.373 e. The molecule has 2 fully saturated rings. The molecule has 2 heterocycles. The molecule has 2 aliphatic rings. The molecule has 114 valence electrons. The van der Waals surface area contributed by atoms with Gasteiger partial charge in [-0.1, -0.05) is 18.6 Å². The van der Waals surface area contributed by atoms with Gasteiger partial charge in [0.2, 0.25) is 5.95 Å². The van der Waals surface area contributed by atoms with Crippen LogP contribution in [-0.4, -0.2) is 33.1 Å². The van der Waals surface area contributed by atoms with Crippen molar-refractivity contribution in [2.24, 2.45) is 11.8 Å². The molecule has 1 saturated heterocycles. The van der Waals surface area contributed by atoms with Crippen LogP contribution in [-0.2, 0) is 0 Å². The molecule has 0 bridgehead atoms. The van der Waals surface area contributed by atoms with Crippen molar-refractivity contribution in [1.82, 2.24) is 15.3 Å². The number of thiocarbonyl (C=S) groups is 1. The van der Waals surface area contributed by atoms with Crippen molar-refractivity contribution in [3.8, 4) is 0 Å². The van der Waals surface area contributed by atoms with Gasteiger partial charge in [-0.05, 0) is 51.5 Å². The second-order valence-corrected chi connectivity index (χ2v) is 7.68. The predicted molar refractivity (Wildman–Crippen MR) is 89.5 cm³/mol. The number of rotatable bonds is 2. The largest absolute Gasteiger partial charge is 0.373 e. The van der Waals surface area contributed by atoms with Crippen LogP contribution in [0.2, 0.25) is 0 Å². The zero-order valence-corrected chi connectivity index (χ0v) is 13.9. The smallest absolute Gasteiger partial charge is 0.225 e. The highest BCUT2D eigenvalue weighted by Gasteiger charge is 2.47. The van der Waals surface area contributed by atoms with E-state index in [1.807, 2.05) is 18.5 Å². The Balaban J connectivity index is 1.87. The molecule has 0 radical (unpaired) electrons. The van der Waals surface area contributed by atoms with E-state index in [1.54, 1.807) is 0 Å². The van der Waals surface area contributed by atoms with Gasteiger partial charge in [-0.2, -0.15) is 0 Å². The van der Waals surface area contributed by atoms with Crippen molar-refractivity contribution < 1.29 is 0 Å². The molecule has 3 rings (SSSR count). The fourth-order valence-corrected chi connectivity index (χ4v) is 4.34. The number of nitrogens with zero attached hydrogens (tertiary/aromatic N) is 3. The third kappa shape index (κ3) is 3.03. The van der Waals surface area contributed by atoms with Crippen molar-refractivity contribution in [3.05, 3.63) is 18.5 Å². The number of hydrogen-bond acceptors (Lipinski definition) is 4. The fraction of sp³-hybridized carbons (Fsp3) is 0.688. The molecule has 0 spiro atoms. The van der Waals surface area contributed by atoms with E-state index in [-0.39, 0.29) is 11.6 Å². The van der Waals surface area contributed by atoms with Crippen molar-refractivity contribution >= 4 is 23.2 Å². The van der Waals surface area contributed by atoms with Crippen molar-refractivity contribution in [3.63, 3.8) is 0 Å². The summed E-state index contributed by atoms with van der Waals surface area (Å²) in [5.74, 6) is 2.20. The Morgan fingerprint density at radius 3 is 2.67 bits per heavy atom. The van der Waals surface area contributed by atoms with Crippen molar-refractivity contribution in [2.75, 3.05) is 11.4 Å². The molecule has 21 heavy (non-hydrogen) atoms. The van der Waals surface area contributed by atoms with E-state index in [1.165, 1.54) is 19.3 Å². The minimum atomic E-state index is -0.00299. The first-order valence-corrected chi connectivity index (χ1v) is 8.22. The Morgan fingerprint density at radius 1 is 1.29 bits per heavy atom. The fourth-order valence-electron chi connectivity index (χ4n) is 3.73. The van der Waals surface area contributed by atoms with Crippen LogP contribution in [0.3, 0.4) is 0 Å². The lowest BCUT2D eigenvalue weighted by atomic mass is 9.93. The molecule has 4 nitrogen and oxygen atoms in total. The average Bonchev–Trinajstić information content (AvgIpc) is 2.97. The first-order chi connectivity index (χ1) is 9.96. The summed E-state index contributed by atoms with van der Waals surface area (Å²) in [4.78, 5) is 12.2. The Morgan fingerprint density at radius 2 is 2.00 bits per heavy atom. The molecule has 1 aliphatic heterocycles. The summed E-state index contributed by atoms with van der Waals surface area (Å²) in [6, 6.07) is 2.11. The van der Waals surface area contributed by atoms with Gasteiger partial charge in [0.25, 0.3) is 0 Å². The molecule has 0 amide bonds. The van der Waals surface area contributed by atoms with E-state index in [0.717, 1.165) is 23.4 Å². The molecular weight excluding hydrogens is 280 g/mol. The van der Waals surface area contributed by atoms with Crippen LogP contribution in [0.4, 0.5) is 5.95 Å². The van der Waals surface area contributed by atoms with Gasteiger partial charge in [-0.15, -0.1) is 0 Å². The number of hydrogen-bond donors (Lipinski definition) is 1. The van der Waals surface area contributed by atoms with E-state index in [2.05, 4.69) is 41.0 Å². The average molecular weight is 304 g/mol. The van der Waals surface area contributed by atoms with E-state index in [0.29, 0.717) is 5.92 Å². The summed E-state index contributed by atoms with van der Waals surface area (Å²) in [6.45, 7) is 7.50. The van der Waals surface area contributed by atoms with E-state index in [9.17, 15) is 0 Å². The molecule has 1 aliphatic carbocycles. The van der Waals surface area contributed by atoms with Gasteiger partial charge < -0.3 is 10.2 Å². The zero-order valence-electron chi connectivity index (χ0n) is 13.0. The Labute approximate surface area is 132 Å². The van der Waals surface area contributed by atoms with Crippen LogP contribution in [0.15, 0.2) is 18.5 Å². The van der Waals surface area contributed by atoms with Crippen LogP contribution in [0.5, 0.6) is 0 Å². The maximum Gasteiger partial charge on any atom is 0.225 e. The first kappa shape index (κ1) is 14.7. The van der Waals surface area contributed by atoms with Crippen LogP contribution in [0, 0.1) is 11.8 Å². The summed E-state index contributed by atoms with van der Waals surface area (Å²) in [5.41, 5.74) is -0.00299. The van der Waals surface area contributed by atoms with Crippen LogP contribution >= 0.6 is 12.2 Å². The molecule has 1 aromatic rings. The van der Waals surface area contributed by atoms with Gasteiger partial charge >= 0.3 is 0 Å². The lowest BCUT2D eigenvalue weighted by Crippen LogP contribution is -2.51. The molecule has 1 aromatic heterocycles. The molecule has 5 heteroatoms. The minimum absolute atomic E-state index is 0.00299. The first-order valence-electron chi connectivity index (χ1n) is 7.81. The number of fused-ring (bicyclic) bond motifs is 1. The zero-order chi connectivity index (χ0) is 15.0. The van der Waals surface area contributed by atoms with Gasteiger partial charge in [-0.3, -0.25) is 0 Å². The molecular formula is C16H24N4S. The lowest BCUT2D eigenvalue weighted by molar-refractivity contribution is 0.451. The maximum absolute atomic E-state index is 5.75. The molecule has 0 unspecified atom stereocenters. The van der Waals surface area contributed by atoms with E-state index >= 15 is 0 Å². The van der Waals surface area contributed by atoms with Crippen molar-refractivity contribution in [1.29, 1.82) is 0 Å². The normalized spacial score (nSPS) is 28.5. The van der Waals surface area contributed by atoms with E-state index in [4.69, 9.17) is 12.2 Å². The molecule has 1 N–H and O–H groups in total. The number of nitrogens with one attached hydrogen (secondary N) is 1. The predicted octanol–water partition coefficient (Wildman–Crippen LogP) is 2.80. The summed E-state index contributed by atoms with van der Waals surface area (Å²) in [6.07, 6.45) is 7.53. The second-order valence-electron chi connectivity index (χ2n) is 7.24. The van der Waals surface area contributed by atoms with Gasteiger partial charge in [-0.25, -0.2) is 9.97 Å². The summed E-state index contributed by atoms with van der Waals surface area (Å²) < 4.78 is 0. The maximum atomic E-state index is 5.75. The van der Waals surface area contributed by atoms with Crippen LogP contribution in [0.1, 0.15) is 40.0 Å². The van der Waals surface area contributed by atoms with Gasteiger partial charge in [0, 0.05) is 24.5 Å². The summed E-state index contributed by atoms with van der Waals surface area (Å²) in [7, 11) is 0. The van der Waals surface area contributed by atoms with Crippen molar-refractivity contribution in [2.45, 2.75) is 51.6 Å². The second kappa shape index (κ2) is 5.52. The monoisotopic (exact) mass is 304 g/mol. The molecule has 3 atom stereocenters. The lowest BCUT2D eigenvalue weighted by Gasteiger charge is -2.32. The topological polar surface area (TPSA) is 41.0 Å².